The Hall–Kier alpha value is -1.49. The Morgan fingerprint density at radius 2 is 2.17 bits per heavy atom. The highest BCUT2D eigenvalue weighted by Crippen LogP contribution is 2.26. The van der Waals surface area contributed by atoms with E-state index in [9.17, 15) is 4.39 Å². The third-order valence-electron chi connectivity index (χ3n) is 2.38. The number of rotatable bonds is 4. The second-order valence-electron chi connectivity index (χ2n) is 3.82. The van der Waals surface area contributed by atoms with Crippen molar-refractivity contribution in [2.45, 2.75) is 13.3 Å². The van der Waals surface area contributed by atoms with E-state index in [1.54, 1.807) is 12.3 Å². The van der Waals surface area contributed by atoms with E-state index >= 15 is 0 Å². The largest absolute Gasteiger partial charge is 0.370 e. The molecule has 1 N–H and O–H groups in total. The van der Waals surface area contributed by atoms with Gasteiger partial charge in [0.2, 0.25) is 0 Å². The first-order chi connectivity index (χ1) is 8.70. The molecule has 0 bridgehead atoms. The Labute approximate surface area is 114 Å². The molecule has 0 unspecified atom stereocenters. The van der Waals surface area contributed by atoms with Crippen molar-refractivity contribution in [2.24, 2.45) is 0 Å². The van der Waals surface area contributed by atoms with Crippen molar-refractivity contribution in [2.75, 3.05) is 11.9 Å². The molecule has 0 atom stereocenters. The van der Waals surface area contributed by atoms with Gasteiger partial charge in [0.25, 0.3) is 0 Å². The molecule has 3 nitrogen and oxygen atoms in total. The molecule has 0 aliphatic heterocycles. The lowest BCUT2D eigenvalue weighted by molar-refractivity contribution is 0.627. The molecule has 2 aromatic rings. The molecule has 0 fully saturated rings. The van der Waals surface area contributed by atoms with Gasteiger partial charge in [0.05, 0.1) is 0 Å². The summed E-state index contributed by atoms with van der Waals surface area (Å²) in [7, 11) is 0. The summed E-state index contributed by atoms with van der Waals surface area (Å²) in [4.78, 5) is 8.60. The highest BCUT2D eigenvalue weighted by molar-refractivity contribution is 9.10. The van der Waals surface area contributed by atoms with Crippen LogP contribution in [0.15, 0.2) is 34.9 Å². The van der Waals surface area contributed by atoms with E-state index in [2.05, 4.69) is 38.1 Å². The number of hydrogen-bond donors (Lipinski definition) is 1. The highest BCUT2D eigenvalue weighted by atomic mass is 79.9. The third-order valence-corrected chi connectivity index (χ3v) is 3.04. The maximum Gasteiger partial charge on any atom is 0.162 e. The van der Waals surface area contributed by atoms with Crippen LogP contribution in [0.1, 0.15) is 13.3 Å². The highest BCUT2D eigenvalue weighted by Gasteiger charge is 2.07. The maximum absolute atomic E-state index is 13.0. The predicted molar refractivity (Wildman–Crippen MR) is 73.9 cm³/mol. The summed E-state index contributed by atoms with van der Waals surface area (Å²) in [6, 6.07) is 6.29. The number of hydrogen-bond acceptors (Lipinski definition) is 3. The van der Waals surface area contributed by atoms with Gasteiger partial charge in [-0.1, -0.05) is 6.92 Å². The molecule has 18 heavy (non-hydrogen) atoms. The fourth-order valence-electron chi connectivity index (χ4n) is 1.51. The van der Waals surface area contributed by atoms with Crippen LogP contribution in [0.2, 0.25) is 0 Å². The van der Waals surface area contributed by atoms with E-state index < -0.39 is 0 Å². The van der Waals surface area contributed by atoms with Gasteiger partial charge in [-0.2, -0.15) is 0 Å². The van der Waals surface area contributed by atoms with Crippen molar-refractivity contribution >= 4 is 21.7 Å². The lowest BCUT2D eigenvalue weighted by Gasteiger charge is -2.07. The first-order valence-corrected chi connectivity index (χ1v) is 6.52. The molecule has 1 aromatic heterocycles. The summed E-state index contributed by atoms with van der Waals surface area (Å²) in [6.07, 6.45) is 2.72. The van der Waals surface area contributed by atoms with E-state index in [0.717, 1.165) is 24.3 Å². The van der Waals surface area contributed by atoms with Crippen LogP contribution in [0, 0.1) is 5.82 Å². The quantitative estimate of drug-likeness (QED) is 0.931. The molecular formula is C13H13BrFN3. The second-order valence-corrected chi connectivity index (χ2v) is 4.67. The summed E-state index contributed by atoms with van der Waals surface area (Å²) in [5, 5.41) is 3.19. The molecule has 0 amide bonds. The average Bonchev–Trinajstić information content (AvgIpc) is 2.36. The van der Waals surface area contributed by atoms with Crippen molar-refractivity contribution in [3.8, 4) is 11.4 Å². The van der Waals surface area contributed by atoms with Gasteiger partial charge in [0.15, 0.2) is 5.82 Å². The minimum absolute atomic E-state index is 0.286. The van der Waals surface area contributed by atoms with Gasteiger partial charge in [0, 0.05) is 22.8 Å². The maximum atomic E-state index is 13.0. The fourth-order valence-corrected chi connectivity index (χ4v) is 2.04. The third kappa shape index (κ3) is 3.04. The molecule has 1 heterocycles. The Kier molecular flexibility index (Phi) is 4.25. The zero-order chi connectivity index (χ0) is 13.0. The SMILES string of the molecule is CCCNc1ccnc(-c2ccc(F)cc2Br)n1. The topological polar surface area (TPSA) is 37.8 Å². The van der Waals surface area contributed by atoms with Crippen LogP contribution in [-0.2, 0) is 0 Å². The normalized spacial score (nSPS) is 10.4. The Bertz CT molecular complexity index is 546. The number of nitrogens with zero attached hydrogens (tertiary/aromatic N) is 2. The van der Waals surface area contributed by atoms with E-state index in [-0.39, 0.29) is 5.82 Å². The second kappa shape index (κ2) is 5.91. The number of nitrogens with one attached hydrogen (secondary N) is 1. The summed E-state index contributed by atoms with van der Waals surface area (Å²) in [5.74, 6) is 1.06. The Morgan fingerprint density at radius 3 is 2.89 bits per heavy atom. The van der Waals surface area contributed by atoms with Crippen LogP contribution in [0.3, 0.4) is 0 Å². The molecule has 5 heteroatoms. The lowest BCUT2D eigenvalue weighted by atomic mass is 10.2. The molecule has 0 saturated heterocycles. The van der Waals surface area contributed by atoms with Gasteiger partial charge >= 0.3 is 0 Å². The van der Waals surface area contributed by atoms with E-state index in [1.807, 2.05) is 6.07 Å². The number of halogens is 2. The summed E-state index contributed by atoms with van der Waals surface area (Å²) >= 11 is 3.32. The van der Waals surface area contributed by atoms with Crippen LogP contribution < -0.4 is 5.32 Å². The van der Waals surface area contributed by atoms with Crippen LogP contribution in [0.25, 0.3) is 11.4 Å². The van der Waals surface area contributed by atoms with E-state index in [1.165, 1.54) is 12.1 Å². The van der Waals surface area contributed by atoms with Gasteiger partial charge in [-0.05, 0) is 46.6 Å². The monoisotopic (exact) mass is 309 g/mol. The van der Waals surface area contributed by atoms with E-state index in [4.69, 9.17) is 0 Å². The van der Waals surface area contributed by atoms with Gasteiger partial charge in [-0.15, -0.1) is 0 Å². The van der Waals surface area contributed by atoms with Gasteiger partial charge in [0.1, 0.15) is 11.6 Å². The van der Waals surface area contributed by atoms with Crippen molar-refractivity contribution in [1.82, 2.24) is 9.97 Å². The lowest BCUT2D eigenvalue weighted by Crippen LogP contribution is -2.03. The van der Waals surface area contributed by atoms with Gasteiger partial charge in [-0.3, -0.25) is 0 Å². The minimum Gasteiger partial charge on any atom is -0.370 e. The Morgan fingerprint density at radius 1 is 1.33 bits per heavy atom. The molecular weight excluding hydrogens is 297 g/mol. The van der Waals surface area contributed by atoms with Crippen LogP contribution in [0.5, 0.6) is 0 Å². The molecule has 2 rings (SSSR count). The van der Waals surface area contributed by atoms with Crippen molar-refractivity contribution in [3.05, 3.63) is 40.8 Å². The first kappa shape index (κ1) is 13.0. The summed E-state index contributed by atoms with van der Waals surface area (Å²) in [5.41, 5.74) is 0.775. The Balaban J connectivity index is 2.32. The zero-order valence-electron chi connectivity index (χ0n) is 9.95. The first-order valence-electron chi connectivity index (χ1n) is 5.73. The van der Waals surface area contributed by atoms with Crippen molar-refractivity contribution in [3.63, 3.8) is 0 Å². The minimum atomic E-state index is -0.286. The average molecular weight is 310 g/mol. The molecule has 0 spiro atoms. The molecule has 1 aromatic carbocycles. The molecule has 94 valence electrons. The van der Waals surface area contributed by atoms with Crippen LogP contribution in [0.4, 0.5) is 10.2 Å². The number of aromatic nitrogens is 2. The standard InChI is InChI=1S/C13H13BrFN3/c1-2-6-16-12-5-7-17-13(18-12)10-4-3-9(15)8-11(10)14/h3-5,7-8H,2,6H2,1H3,(H,16,17,18). The van der Waals surface area contributed by atoms with E-state index in [0.29, 0.717) is 10.3 Å². The van der Waals surface area contributed by atoms with Crippen molar-refractivity contribution < 1.29 is 4.39 Å². The fraction of sp³-hybridized carbons (Fsp3) is 0.231. The molecule has 0 radical (unpaired) electrons. The van der Waals surface area contributed by atoms with Crippen LogP contribution in [-0.4, -0.2) is 16.5 Å². The predicted octanol–water partition coefficient (Wildman–Crippen LogP) is 3.87. The zero-order valence-corrected chi connectivity index (χ0v) is 11.5. The van der Waals surface area contributed by atoms with Crippen molar-refractivity contribution in [1.29, 1.82) is 0 Å². The number of benzene rings is 1. The summed E-state index contributed by atoms with van der Waals surface area (Å²) in [6.45, 7) is 2.95. The van der Waals surface area contributed by atoms with Crippen LogP contribution >= 0.6 is 15.9 Å². The number of anilines is 1. The summed E-state index contributed by atoms with van der Waals surface area (Å²) < 4.78 is 13.7. The molecule has 0 aliphatic carbocycles. The van der Waals surface area contributed by atoms with Gasteiger partial charge < -0.3 is 5.32 Å². The molecule has 0 aliphatic rings. The molecule has 0 saturated carbocycles. The smallest absolute Gasteiger partial charge is 0.162 e. The van der Waals surface area contributed by atoms with Gasteiger partial charge in [-0.25, -0.2) is 14.4 Å².